The summed E-state index contributed by atoms with van der Waals surface area (Å²) in [6.45, 7) is 2.23. The van der Waals surface area contributed by atoms with Crippen molar-refractivity contribution >= 4 is 33.9 Å². The van der Waals surface area contributed by atoms with Gasteiger partial charge >= 0.3 is 0 Å². The Hall–Kier alpha value is -1.63. The molecule has 84 valence electrons. The summed E-state index contributed by atoms with van der Waals surface area (Å²) in [4.78, 5) is 22.9. The first-order valence-corrected chi connectivity index (χ1v) is 5.71. The third kappa shape index (κ3) is 2.13. The zero-order valence-electron chi connectivity index (χ0n) is 8.75. The largest absolute Gasteiger partial charge is 0.382 e. The Morgan fingerprint density at radius 2 is 2.31 bits per heavy atom. The summed E-state index contributed by atoms with van der Waals surface area (Å²) in [6.07, 6.45) is 3.07. The van der Waals surface area contributed by atoms with Crippen LogP contribution in [0.2, 0.25) is 0 Å². The molecule has 16 heavy (non-hydrogen) atoms. The van der Waals surface area contributed by atoms with E-state index >= 15 is 0 Å². The smallest absolute Gasteiger partial charge is 0.185 e. The predicted octanol–water partition coefficient (Wildman–Crippen LogP) is 0.688. The Labute approximate surface area is 96.3 Å². The first-order chi connectivity index (χ1) is 7.68. The van der Waals surface area contributed by atoms with Crippen molar-refractivity contribution in [2.75, 3.05) is 11.5 Å². The van der Waals surface area contributed by atoms with E-state index in [1.54, 1.807) is 13.3 Å². The van der Waals surface area contributed by atoms with Crippen molar-refractivity contribution in [3.05, 3.63) is 12.7 Å². The van der Waals surface area contributed by atoms with Gasteiger partial charge in [0.25, 0.3) is 0 Å². The van der Waals surface area contributed by atoms with Crippen LogP contribution in [-0.4, -0.2) is 30.4 Å². The Morgan fingerprint density at radius 3 is 3.06 bits per heavy atom. The third-order valence-electron chi connectivity index (χ3n) is 2.07. The zero-order valence-corrected chi connectivity index (χ0v) is 9.57. The van der Waals surface area contributed by atoms with Crippen molar-refractivity contribution in [3.63, 3.8) is 0 Å². The van der Waals surface area contributed by atoms with Crippen molar-refractivity contribution in [1.29, 1.82) is 0 Å². The lowest BCUT2D eigenvalue weighted by atomic mass is 10.5. The summed E-state index contributed by atoms with van der Waals surface area (Å²) >= 11 is 1.28. The van der Waals surface area contributed by atoms with E-state index in [0.717, 1.165) is 0 Å². The molecule has 2 aromatic rings. The third-order valence-corrected chi connectivity index (χ3v) is 2.86. The Balaban J connectivity index is 2.19. The molecule has 0 unspecified atom stereocenters. The monoisotopic (exact) mass is 237 g/mol. The number of rotatable bonds is 3. The van der Waals surface area contributed by atoms with Crippen molar-refractivity contribution in [1.82, 2.24) is 19.5 Å². The van der Waals surface area contributed by atoms with Crippen molar-refractivity contribution in [2.24, 2.45) is 0 Å². The van der Waals surface area contributed by atoms with Crippen LogP contribution < -0.4 is 5.73 Å². The number of nitrogens with zero attached hydrogens (tertiary/aromatic N) is 4. The molecule has 0 spiro atoms. The summed E-state index contributed by atoms with van der Waals surface area (Å²) in [6, 6.07) is 0. The quantitative estimate of drug-likeness (QED) is 0.845. The molecule has 0 aliphatic carbocycles. The molecular formula is C9H11N5OS. The molecule has 0 radical (unpaired) electrons. The fourth-order valence-corrected chi connectivity index (χ4v) is 1.93. The number of carbonyl (C=O) groups excluding carboxylic acids is 1. The van der Waals surface area contributed by atoms with Gasteiger partial charge in [-0.05, 0) is 0 Å². The van der Waals surface area contributed by atoms with Crippen LogP contribution in [-0.2, 0) is 11.3 Å². The van der Waals surface area contributed by atoms with Crippen LogP contribution in [0.25, 0.3) is 11.2 Å². The highest BCUT2D eigenvalue weighted by atomic mass is 32.2. The van der Waals surface area contributed by atoms with E-state index in [1.807, 2.05) is 4.57 Å². The number of hydrogen-bond acceptors (Lipinski definition) is 6. The molecule has 2 heterocycles. The number of carbonyl (C=O) groups is 1. The fraction of sp³-hybridized carbons (Fsp3) is 0.333. The lowest BCUT2D eigenvalue weighted by molar-refractivity contribution is -0.109. The number of fused-ring (bicyclic) bond motifs is 1. The van der Waals surface area contributed by atoms with Crippen LogP contribution in [0, 0.1) is 0 Å². The Bertz CT molecular complexity index is 524. The topological polar surface area (TPSA) is 86.7 Å². The molecule has 0 fully saturated rings. The van der Waals surface area contributed by atoms with E-state index in [-0.39, 0.29) is 5.12 Å². The summed E-state index contributed by atoms with van der Waals surface area (Å²) in [5.74, 6) is 1.08. The van der Waals surface area contributed by atoms with Gasteiger partial charge in [-0.3, -0.25) is 4.79 Å². The summed E-state index contributed by atoms with van der Waals surface area (Å²) in [5.41, 5.74) is 6.97. The molecule has 0 atom stereocenters. The second-order valence-corrected chi connectivity index (χ2v) is 4.48. The minimum atomic E-state index is 0.110. The van der Waals surface area contributed by atoms with E-state index in [4.69, 9.17) is 5.73 Å². The lowest BCUT2D eigenvalue weighted by Crippen LogP contribution is -2.02. The number of hydrogen-bond donors (Lipinski definition) is 1. The Morgan fingerprint density at radius 1 is 1.50 bits per heavy atom. The van der Waals surface area contributed by atoms with Gasteiger partial charge in [0.1, 0.15) is 11.8 Å². The number of nitrogen functional groups attached to an aromatic ring is 1. The number of nitrogens with two attached hydrogens (primary N) is 1. The van der Waals surface area contributed by atoms with Gasteiger partial charge in [-0.25, -0.2) is 15.0 Å². The number of anilines is 1. The highest BCUT2D eigenvalue weighted by Crippen LogP contribution is 2.14. The molecule has 0 aliphatic heterocycles. The van der Waals surface area contributed by atoms with Crippen LogP contribution in [0.1, 0.15) is 6.92 Å². The summed E-state index contributed by atoms with van der Waals surface area (Å²) < 4.78 is 1.86. The number of aryl methyl sites for hydroxylation is 1. The number of aromatic nitrogens is 4. The molecule has 0 saturated heterocycles. The molecule has 2 aromatic heterocycles. The van der Waals surface area contributed by atoms with Gasteiger partial charge < -0.3 is 10.3 Å². The minimum Gasteiger partial charge on any atom is -0.382 e. The standard InChI is InChI=1S/C9H11N5OS/c1-6(15)16-3-2-14-5-13-7-8(10)11-4-12-9(7)14/h4-5H,2-3H2,1H3,(H2,10,11,12). The highest BCUT2D eigenvalue weighted by molar-refractivity contribution is 8.13. The van der Waals surface area contributed by atoms with Gasteiger partial charge in [0.05, 0.1) is 6.33 Å². The van der Waals surface area contributed by atoms with Gasteiger partial charge in [-0.2, -0.15) is 0 Å². The maximum atomic E-state index is 10.8. The maximum Gasteiger partial charge on any atom is 0.185 e. The summed E-state index contributed by atoms with van der Waals surface area (Å²) in [7, 11) is 0. The van der Waals surface area contributed by atoms with E-state index in [1.165, 1.54) is 18.1 Å². The highest BCUT2D eigenvalue weighted by Gasteiger charge is 2.07. The van der Waals surface area contributed by atoms with Crippen LogP contribution in [0.15, 0.2) is 12.7 Å². The fourth-order valence-electron chi connectivity index (χ4n) is 1.35. The normalized spacial score (nSPS) is 10.8. The van der Waals surface area contributed by atoms with Crippen LogP contribution in [0.3, 0.4) is 0 Å². The van der Waals surface area contributed by atoms with E-state index in [9.17, 15) is 4.79 Å². The second-order valence-electron chi connectivity index (χ2n) is 3.21. The number of imidazole rings is 1. The van der Waals surface area contributed by atoms with Crippen molar-refractivity contribution < 1.29 is 4.79 Å². The molecular weight excluding hydrogens is 226 g/mol. The molecule has 6 nitrogen and oxygen atoms in total. The van der Waals surface area contributed by atoms with Crippen molar-refractivity contribution in [2.45, 2.75) is 13.5 Å². The number of thioether (sulfide) groups is 1. The summed E-state index contributed by atoms with van der Waals surface area (Å²) in [5, 5.41) is 0.110. The molecule has 0 amide bonds. The molecule has 2 rings (SSSR count). The predicted molar refractivity (Wildman–Crippen MR) is 62.9 cm³/mol. The van der Waals surface area contributed by atoms with Crippen LogP contribution >= 0.6 is 11.8 Å². The van der Waals surface area contributed by atoms with E-state index < -0.39 is 0 Å². The van der Waals surface area contributed by atoms with Gasteiger partial charge in [-0.1, -0.05) is 11.8 Å². The molecule has 7 heteroatoms. The van der Waals surface area contributed by atoms with Gasteiger partial charge in [0.2, 0.25) is 0 Å². The zero-order chi connectivity index (χ0) is 11.5. The van der Waals surface area contributed by atoms with Gasteiger partial charge in [0.15, 0.2) is 16.6 Å². The minimum absolute atomic E-state index is 0.110. The van der Waals surface area contributed by atoms with Crippen molar-refractivity contribution in [3.8, 4) is 0 Å². The maximum absolute atomic E-state index is 10.8. The van der Waals surface area contributed by atoms with Gasteiger partial charge in [0, 0.05) is 19.2 Å². The first-order valence-electron chi connectivity index (χ1n) is 4.73. The molecule has 2 N–H and O–H groups in total. The first kappa shape index (κ1) is 10.9. The molecule has 0 aromatic carbocycles. The molecule has 0 saturated carbocycles. The SMILES string of the molecule is CC(=O)SCCn1cnc2c(N)ncnc21. The van der Waals surface area contributed by atoms with E-state index in [0.29, 0.717) is 29.3 Å². The van der Waals surface area contributed by atoms with E-state index in [2.05, 4.69) is 15.0 Å². The van der Waals surface area contributed by atoms with Gasteiger partial charge in [-0.15, -0.1) is 0 Å². The average molecular weight is 237 g/mol. The Kier molecular flexibility index (Phi) is 3.04. The average Bonchev–Trinajstić information content (AvgIpc) is 2.63. The van der Waals surface area contributed by atoms with Crippen LogP contribution in [0.4, 0.5) is 5.82 Å². The molecule has 0 bridgehead atoms. The second kappa shape index (κ2) is 4.48. The molecule has 0 aliphatic rings. The lowest BCUT2D eigenvalue weighted by Gasteiger charge is -2.01. The van der Waals surface area contributed by atoms with Crippen LogP contribution in [0.5, 0.6) is 0 Å².